The zero-order chi connectivity index (χ0) is 17.9. The molecule has 0 aromatic heterocycles. The predicted molar refractivity (Wildman–Crippen MR) is 98.0 cm³/mol. The summed E-state index contributed by atoms with van der Waals surface area (Å²) in [6.07, 6.45) is 0. The number of nitrogens with zero attached hydrogens (tertiary/aromatic N) is 3. The molecule has 0 fully saturated rings. The standard InChI is InChI=1S/C15H13IN4O4/c1-9(10-5-3-2-4-6-10)18-15(17)12-7-11(19(21)22)8-13(14(12)16)20(23)24/h2-9H,1H3,(H2,17,18)/t9-/m0/s1. The summed E-state index contributed by atoms with van der Waals surface area (Å²) in [7, 11) is 0. The summed E-state index contributed by atoms with van der Waals surface area (Å²) in [5.41, 5.74) is 6.29. The smallest absolute Gasteiger partial charge is 0.290 e. The molecule has 2 N–H and O–H groups in total. The summed E-state index contributed by atoms with van der Waals surface area (Å²) in [5, 5.41) is 22.1. The predicted octanol–water partition coefficient (Wildman–Crippen LogP) is 3.57. The Hall–Kier alpha value is -2.56. The lowest BCUT2D eigenvalue weighted by Crippen LogP contribution is -2.17. The van der Waals surface area contributed by atoms with Gasteiger partial charge in [0.25, 0.3) is 11.4 Å². The highest BCUT2D eigenvalue weighted by Gasteiger charge is 2.24. The number of amidine groups is 1. The lowest BCUT2D eigenvalue weighted by molar-refractivity contribution is -0.394. The number of hydrogen-bond donors (Lipinski definition) is 1. The minimum absolute atomic E-state index is 0.0163. The fourth-order valence-electron chi connectivity index (χ4n) is 2.10. The molecule has 124 valence electrons. The maximum Gasteiger partial charge on any atom is 0.290 e. The van der Waals surface area contributed by atoms with Gasteiger partial charge in [-0.2, -0.15) is 0 Å². The number of aliphatic imine (C=N–C) groups is 1. The van der Waals surface area contributed by atoms with E-state index in [0.717, 1.165) is 11.6 Å². The number of non-ortho nitro benzene ring substituents is 1. The average Bonchev–Trinajstić information content (AvgIpc) is 2.55. The van der Waals surface area contributed by atoms with Crippen molar-refractivity contribution < 1.29 is 9.85 Å². The quantitative estimate of drug-likeness (QED) is 0.250. The molecule has 9 heteroatoms. The van der Waals surface area contributed by atoms with Crippen LogP contribution < -0.4 is 5.73 Å². The van der Waals surface area contributed by atoms with Gasteiger partial charge in [0.2, 0.25) is 0 Å². The fourth-order valence-corrected chi connectivity index (χ4v) is 2.89. The minimum atomic E-state index is -0.694. The highest BCUT2D eigenvalue weighted by atomic mass is 127. The van der Waals surface area contributed by atoms with Gasteiger partial charge < -0.3 is 5.73 Å². The molecule has 1 atom stereocenters. The van der Waals surface area contributed by atoms with E-state index in [1.807, 2.05) is 37.3 Å². The normalized spacial score (nSPS) is 12.7. The highest BCUT2D eigenvalue weighted by molar-refractivity contribution is 14.1. The monoisotopic (exact) mass is 440 g/mol. The Morgan fingerprint density at radius 2 is 1.79 bits per heavy atom. The van der Waals surface area contributed by atoms with Gasteiger partial charge in [-0.1, -0.05) is 30.3 Å². The van der Waals surface area contributed by atoms with Gasteiger partial charge in [-0.05, 0) is 35.1 Å². The molecular weight excluding hydrogens is 427 g/mol. The van der Waals surface area contributed by atoms with Crippen molar-refractivity contribution in [2.75, 3.05) is 0 Å². The first-order valence-corrected chi connectivity index (χ1v) is 7.90. The van der Waals surface area contributed by atoms with Crippen LogP contribution in [0.5, 0.6) is 0 Å². The van der Waals surface area contributed by atoms with Crippen LogP contribution in [-0.4, -0.2) is 15.7 Å². The van der Waals surface area contributed by atoms with Crippen LogP contribution in [0.2, 0.25) is 0 Å². The number of nitro groups is 2. The molecule has 2 aromatic rings. The van der Waals surface area contributed by atoms with E-state index in [0.29, 0.717) is 0 Å². The van der Waals surface area contributed by atoms with Gasteiger partial charge in [0, 0.05) is 11.6 Å². The molecule has 0 bridgehead atoms. The van der Waals surface area contributed by atoms with Crippen LogP contribution in [0, 0.1) is 23.8 Å². The van der Waals surface area contributed by atoms with Crippen molar-refractivity contribution in [1.82, 2.24) is 0 Å². The summed E-state index contributed by atoms with van der Waals surface area (Å²) < 4.78 is 0.213. The summed E-state index contributed by atoms with van der Waals surface area (Å²) in [5.74, 6) is 0.0163. The van der Waals surface area contributed by atoms with Crippen molar-refractivity contribution in [2.45, 2.75) is 13.0 Å². The van der Waals surface area contributed by atoms with Crippen LogP contribution in [0.1, 0.15) is 24.1 Å². The second-order valence-corrected chi connectivity index (χ2v) is 6.02. The van der Waals surface area contributed by atoms with Crippen molar-refractivity contribution in [3.05, 3.63) is 77.4 Å². The van der Waals surface area contributed by atoms with Gasteiger partial charge in [-0.3, -0.25) is 25.2 Å². The Labute approximate surface area is 150 Å². The number of nitro benzene ring substituents is 2. The molecule has 0 aliphatic heterocycles. The molecule has 0 aliphatic carbocycles. The van der Waals surface area contributed by atoms with E-state index in [2.05, 4.69) is 4.99 Å². The summed E-state index contributed by atoms with van der Waals surface area (Å²) in [6, 6.07) is 11.2. The molecule has 24 heavy (non-hydrogen) atoms. The van der Waals surface area contributed by atoms with Gasteiger partial charge in [0.05, 0.1) is 22.0 Å². The van der Waals surface area contributed by atoms with Crippen molar-refractivity contribution in [3.63, 3.8) is 0 Å². The van der Waals surface area contributed by atoms with E-state index in [4.69, 9.17) is 5.73 Å². The first kappa shape index (κ1) is 17.8. The third-order valence-corrected chi connectivity index (χ3v) is 4.47. The van der Waals surface area contributed by atoms with E-state index in [-0.39, 0.29) is 26.7 Å². The van der Waals surface area contributed by atoms with Crippen molar-refractivity contribution in [2.24, 2.45) is 10.7 Å². The number of rotatable bonds is 5. The van der Waals surface area contributed by atoms with Crippen molar-refractivity contribution in [3.8, 4) is 0 Å². The molecular formula is C15H13IN4O4. The summed E-state index contributed by atoms with van der Waals surface area (Å²) in [6.45, 7) is 1.82. The number of hydrogen-bond acceptors (Lipinski definition) is 5. The van der Waals surface area contributed by atoms with E-state index < -0.39 is 15.5 Å². The largest absolute Gasteiger partial charge is 0.383 e. The Balaban J connectivity index is 2.52. The van der Waals surface area contributed by atoms with E-state index >= 15 is 0 Å². The maximum atomic E-state index is 11.1. The molecule has 2 aromatic carbocycles. The van der Waals surface area contributed by atoms with Crippen LogP contribution in [0.15, 0.2) is 47.5 Å². The van der Waals surface area contributed by atoms with E-state index in [9.17, 15) is 20.2 Å². The van der Waals surface area contributed by atoms with Crippen LogP contribution in [0.4, 0.5) is 11.4 Å². The Kier molecular flexibility index (Phi) is 5.44. The van der Waals surface area contributed by atoms with Gasteiger partial charge >= 0.3 is 0 Å². The number of nitrogens with two attached hydrogens (primary N) is 1. The molecule has 2 rings (SSSR count). The summed E-state index contributed by atoms with van der Waals surface area (Å²) in [4.78, 5) is 25.1. The maximum absolute atomic E-state index is 11.1. The molecule has 0 radical (unpaired) electrons. The Bertz CT molecular complexity index is 824. The zero-order valence-corrected chi connectivity index (χ0v) is 14.7. The lowest BCUT2D eigenvalue weighted by Gasteiger charge is -2.10. The molecule has 0 saturated carbocycles. The van der Waals surface area contributed by atoms with Crippen LogP contribution in [0.25, 0.3) is 0 Å². The second kappa shape index (κ2) is 7.34. The molecule has 0 heterocycles. The third-order valence-electron chi connectivity index (χ3n) is 3.34. The van der Waals surface area contributed by atoms with Crippen molar-refractivity contribution in [1.29, 1.82) is 0 Å². The zero-order valence-electron chi connectivity index (χ0n) is 12.5. The number of halogens is 1. The van der Waals surface area contributed by atoms with Crippen LogP contribution in [-0.2, 0) is 0 Å². The van der Waals surface area contributed by atoms with Gasteiger partial charge in [0.1, 0.15) is 9.41 Å². The third kappa shape index (κ3) is 3.85. The molecule has 0 aliphatic rings. The van der Waals surface area contributed by atoms with Gasteiger partial charge in [-0.15, -0.1) is 0 Å². The van der Waals surface area contributed by atoms with Gasteiger partial charge in [-0.25, -0.2) is 0 Å². The average molecular weight is 440 g/mol. The molecule has 8 nitrogen and oxygen atoms in total. The number of benzene rings is 2. The van der Waals surface area contributed by atoms with E-state index in [1.165, 1.54) is 6.07 Å². The van der Waals surface area contributed by atoms with Gasteiger partial charge in [0.15, 0.2) is 0 Å². The lowest BCUT2D eigenvalue weighted by atomic mass is 10.1. The highest BCUT2D eigenvalue weighted by Crippen LogP contribution is 2.30. The van der Waals surface area contributed by atoms with Crippen LogP contribution in [0.3, 0.4) is 0 Å². The molecule has 0 saturated heterocycles. The minimum Gasteiger partial charge on any atom is -0.383 e. The fraction of sp³-hybridized carbons (Fsp3) is 0.133. The second-order valence-electron chi connectivity index (χ2n) is 4.94. The van der Waals surface area contributed by atoms with E-state index in [1.54, 1.807) is 22.6 Å². The van der Waals surface area contributed by atoms with Crippen molar-refractivity contribution >= 4 is 39.8 Å². The Morgan fingerprint density at radius 3 is 2.33 bits per heavy atom. The SMILES string of the molecule is C[C@H](N=C(N)c1cc([N+](=O)[O-])cc([N+](=O)[O-])c1I)c1ccccc1. The topological polar surface area (TPSA) is 125 Å². The molecule has 0 amide bonds. The molecule has 0 unspecified atom stereocenters. The molecule has 0 spiro atoms. The first-order chi connectivity index (χ1) is 11.3. The first-order valence-electron chi connectivity index (χ1n) is 6.82. The van der Waals surface area contributed by atoms with Crippen LogP contribution >= 0.6 is 22.6 Å². The Morgan fingerprint density at radius 1 is 1.17 bits per heavy atom. The summed E-state index contributed by atoms with van der Waals surface area (Å²) >= 11 is 1.75.